The molecule has 0 bridgehead atoms. The van der Waals surface area contributed by atoms with Crippen LogP contribution in [0.3, 0.4) is 0 Å². The van der Waals surface area contributed by atoms with Crippen LogP contribution < -0.4 is 5.63 Å². The van der Waals surface area contributed by atoms with Crippen molar-refractivity contribution < 1.29 is 4.42 Å². The fourth-order valence-corrected chi connectivity index (χ4v) is 4.24. The van der Waals surface area contributed by atoms with E-state index in [1.807, 2.05) is 42.5 Å². The number of para-hydroxylation sites is 1. The van der Waals surface area contributed by atoms with Gasteiger partial charge in [-0.15, -0.1) is 0 Å². The first-order valence-electron chi connectivity index (χ1n) is 9.08. The number of nitrogens with one attached hydrogen (secondary N) is 1. The molecular weight excluding hydrogens is 386 g/mol. The number of aromatic amines is 1. The lowest BCUT2D eigenvalue weighted by Gasteiger charge is -2.14. The van der Waals surface area contributed by atoms with Gasteiger partial charge < -0.3 is 9.40 Å². The molecule has 0 spiro atoms. The highest BCUT2D eigenvalue weighted by Crippen LogP contribution is 2.39. The normalized spacial score (nSPS) is 11.8. The Bertz CT molecular complexity index is 1650. The van der Waals surface area contributed by atoms with Gasteiger partial charge in [-0.05, 0) is 30.3 Å². The summed E-state index contributed by atoms with van der Waals surface area (Å²) in [4.78, 5) is 25.3. The number of hydrogen-bond acceptors (Lipinski definition) is 4. The molecule has 0 unspecified atom stereocenters. The number of pyridine rings is 2. The molecule has 4 heterocycles. The second kappa shape index (κ2) is 5.90. The van der Waals surface area contributed by atoms with Crippen LogP contribution in [0, 0.1) is 0 Å². The molecule has 0 radical (unpaired) electrons. The number of rotatable bonds is 1. The second-order valence-corrected chi connectivity index (χ2v) is 7.21. The van der Waals surface area contributed by atoms with Crippen molar-refractivity contribution in [3.8, 4) is 11.1 Å². The van der Waals surface area contributed by atoms with Crippen molar-refractivity contribution >= 4 is 55.3 Å². The third-order valence-corrected chi connectivity index (χ3v) is 5.58. The molecule has 138 valence electrons. The minimum atomic E-state index is -0.428. The van der Waals surface area contributed by atoms with Crippen LogP contribution in [0.4, 0.5) is 0 Å². The molecule has 0 fully saturated rings. The van der Waals surface area contributed by atoms with Crippen molar-refractivity contribution in [2.24, 2.45) is 0 Å². The van der Waals surface area contributed by atoms with E-state index in [0.29, 0.717) is 32.8 Å². The Hall–Kier alpha value is -3.70. The molecule has 0 amide bonds. The molecule has 0 saturated heterocycles. The maximum Gasteiger partial charge on any atom is 0.346 e. The van der Waals surface area contributed by atoms with Crippen LogP contribution in [0.25, 0.3) is 54.8 Å². The van der Waals surface area contributed by atoms with E-state index in [1.54, 1.807) is 24.5 Å². The van der Waals surface area contributed by atoms with E-state index in [0.717, 1.165) is 27.2 Å². The largest absolute Gasteiger partial charge is 0.422 e. The molecule has 6 rings (SSSR count). The maximum atomic E-state index is 13.1. The van der Waals surface area contributed by atoms with Crippen LogP contribution in [-0.4, -0.2) is 15.0 Å². The summed E-state index contributed by atoms with van der Waals surface area (Å²) in [6.07, 6.45) is 3.40. The van der Waals surface area contributed by atoms with Gasteiger partial charge in [-0.1, -0.05) is 35.9 Å². The van der Waals surface area contributed by atoms with Gasteiger partial charge in [0.25, 0.3) is 0 Å². The topological polar surface area (TPSA) is 71.8 Å². The Morgan fingerprint density at radius 2 is 1.76 bits per heavy atom. The van der Waals surface area contributed by atoms with Gasteiger partial charge >= 0.3 is 5.63 Å². The van der Waals surface area contributed by atoms with E-state index in [9.17, 15) is 4.79 Å². The summed E-state index contributed by atoms with van der Waals surface area (Å²) in [7, 11) is 0. The average Bonchev–Trinajstić information content (AvgIpc) is 3.22. The van der Waals surface area contributed by atoms with Gasteiger partial charge in [0, 0.05) is 39.7 Å². The van der Waals surface area contributed by atoms with Crippen molar-refractivity contribution in [1.29, 1.82) is 0 Å². The summed E-state index contributed by atoms with van der Waals surface area (Å²) in [6.45, 7) is 0. The number of halogens is 1. The Morgan fingerprint density at radius 3 is 2.66 bits per heavy atom. The van der Waals surface area contributed by atoms with E-state index in [1.165, 1.54) is 0 Å². The predicted octanol–water partition coefficient (Wildman–Crippen LogP) is 5.69. The quantitative estimate of drug-likeness (QED) is 0.167. The highest BCUT2D eigenvalue weighted by molar-refractivity contribution is 6.33. The summed E-state index contributed by atoms with van der Waals surface area (Å²) >= 11 is 6.46. The number of aromatic nitrogens is 3. The van der Waals surface area contributed by atoms with Crippen LogP contribution in [0.15, 0.2) is 76.2 Å². The molecule has 29 heavy (non-hydrogen) atoms. The lowest BCUT2D eigenvalue weighted by molar-refractivity contribution is 0.569. The third-order valence-electron chi connectivity index (χ3n) is 5.28. The highest BCUT2D eigenvalue weighted by Gasteiger charge is 2.20. The SMILES string of the molecule is O=c1oc2ccccc2c2[nH]c3c(ccc4ccnc43)c(-c3cccnc3Cl)c12. The van der Waals surface area contributed by atoms with Gasteiger partial charge in [0.2, 0.25) is 0 Å². The smallest absolute Gasteiger partial charge is 0.346 e. The van der Waals surface area contributed by atoms with Crippen LogP contribution in [-0.2, 0) is 0 Å². The van der Waals surface area contributed by atoms with Gasteiger partial charge in [-0.25, -0.2) is 9.78 Å². The monoisotopic (exact) mass is 397 g/mol. The molecule has 0 aliphatic heterocycles. The summed E-state index contributed by atoms with van der Waals surface area (Å²) in [6, 6.07) is 17.1. The van der Waals surface area contributed by atoms with Gasteiger partial charge in [0.15, 0.2) is 0 Å². The first kappa shape index (κ1) is 16.3. The molecule has 5 nitrogen and oxygen atoms in total. The van der Waals surface area contributed by atoms with Gasteiger partial charge in [-0.2, -0.15) is 0 Å². The summed E-state index contributed by atoms with van der Waals surface area (Å²) in [5.74, 6) is 0. The minimum absolute atomic E-state index is 0.324. The molecule has 2 aromatic carbocycles. The number of nitrogens with zero attached hydrogens (tertiary/aromatic N) is 2. The number of hydrogen-bond donors (Lipinski definition) is 1. The fourth-order valence-electron chi connectivity index (χ4n) is 4.03. The molecule has 0 atom stereocenters. The molecule has 0 saturated carbocycles. The molecule has 0 aliphatic rings. The number of fused-ring (bicyclic) bond motifs is 6. The Kier molecular flexibility index (Phi) is 3.31. The maximum absolute atomic E-state index is 13.1. The Balaban J connectivity index is 1.98. The molecule has 0 aliphatic carbocycles. The number of H-pyrrole nitrogens is 1. The van der Waals surface area contributed by atoms with Gasteiger partial charge in [0.1, 0.15) is 10.7 Å². The zero-order valence-electron chi connectivity index (χ0n) is 14.9. The lowest BCUT2D eigenvalue weighted by atomic mass is 9.96. The van der Waals surface area contributed by atoms with Gasteiger partial charge in [0.05, 0.1) is 21.9 Å². The Morgan fingerprint density at radius 1 is 0.862 bits per heavy atom. The van der Waals surface area contributed by atoms with Gasteiger partial charge in [-0.3, -0.25) is 4.98 Å². The first-order chi connectivity index (χ1) is 14.2. The van der Waals surface area contributed by atoms with Crippen molar-refractivity contribution in [3.05, 3.63) is 82.6 Å². The minimum Gasteiger partial charge on any atom is -0.422 e. The first-order valence-corrected chi connectivity index (χ1v) is 9.46. The molecule has 6 heteroatoms. The predicted molar refractivity (Wildman–Crippen MR) is 115 cm³/mol. The zero-order valence-corrected chi connectivity index (χ0v) is 15.7. The highest BCUT2D eigenvalue weighted by atomic mass is 35.5. The second-order valence-electron chi connectivity index (χ2n) is 6.85. The van der Waals surface area contributed by atoms with E-state index in [2.05, 4.69) is 15.0 Å². The zero-order chi connectivity index (χ0) is 19.5. The molecule has 4 aromatic heterocycles. The molecular formula is C23H12ClN3O2. The summed E-state index contributed by atoms with van der Waals surface area (Å²) in [5.41, 5.74) is 3.82. The average molecular weight is 398 g/mol. The van der Waals surface area contributed by atoms with E-state index >= 15 is 0 Å². The summed E-state index contributed by atoms with van der Waals surface area (Å²) < 4.78 is 5.64. The standard InChI is InChI=1S/C23H12ClN3O2/c24-22-15(5-3-10-26-22)17-14-8-7-12-9-11-25-19(12)21(14)27-20-13-4-1-2-6-16(13)29-23(28)18(17)20/h1-11,27H. The van der Waals surface area contributed by atoms with E-state index < -0.39 is 5.63 Å². The van der Waals surface area contributed by atoms with E-state index in [-0.39, 0.29) is 0 Å². The molecule has 6 aromatic rings. The third kappa shape index (κ3) is 2.25. The van der Waals surface area contributed by atoms with Crippen LogP contribution in [0.5, 0.6) is 0 Å². The van der Waals surface area contributed by atoms with Crippen LogP contribution >= 0.6 is 11.6 Å². The van der Waals surface area contributed by atoms with Crippen LogP contribution in [0.2, 0.25) is 5.15 Å². The summed E-state index contributed by atoms with van der Waals surface area (Å²) in [5, 5.41) is 3.43. The van der Waals surface area contributed by atoms with Crippen molar-refractivity contribution in [2.75, 3.05) is 0 Å². The number of benzene rings is 2. The lowest BCUT2D eigenvalue weighted by Crippen LogP contribution is -2.05. The Labute approximate surface area is 168 Å². The van der Waals surface area contributed by atoms with Crippen molar-refractivity contribution in [1.82, 2.24) is 15.0 Å². The van der Waals surface area contributed by atoms with E-state index in [4.69, 9.17) is 16.0 Å². The van der Waals surface area contributed by atoms with Crippen LogP contribution in [0.1, 0.15) is 0 Å². The molecule has 1 N–H and O–H groups in total. The van der Waals surface area contributed by atoms with Crippen molar-refractivity contribution in [2.45, 2.75) is 0 Å². The fraction of sp³-hybridized carbons (Fsp3) is 0. The van der Waals surface area contributed by atoms with Crippen molar-refractivity contribution in [3.63, 3.8) is 0 Å².